The van der Waals surface area contributed by atoms with Gasteiger partial charge < -0.3 is 10.6 Å². The summed E-state index contributed by atoms with van der Waals surface area (Å²) in [6.07, 6.45) is 0. The van der Waals surface area contributed by atoms with E-state index in [9.17, 15) is 4.79 Å². The van der Waals surface area contributed by atoms with E-state index >= 15 is 0 Å². The topological polar surface area (TPSA) is 46.3 Å². The van der Waals surface area contributed by atoms with Crippen LogP contribution in [0.5, 0.6) is 0 Å². The Morgan fingerprint density at radius 3 is 2.00 bits per heavy atom. The first kappa shape index (κ1) is 14.2. The fraction of sp³-hybridized carbons (Fsp3) is 0.750. The molecule has 0 fully saturated rings. The number of hydrogen-bond donors (Lipinski definition) is 1. The quantitative estimate of drug-likeness (QED) is 0.722. The molecular formula is C12H24N2O. The first-order chi connectivity index (χ1) is 6.50. The second-order valence-corrected chi connectivity index (χ2v) is 5.47. The molecule has 15 heavy (non-hydrogen) atoms. The third-order valence-electron chi connectivity index (χ3n) is 3.00. The molecule has 1 amide bonds. The van der Waals surface area contributed by atoms with Gasteiger partial charge >= 0.3 is 0 Å². The maximum absolute atomic E-state index is 12.2. The number of rotatable bonds is 4. The summed E-state index contributed by atoms with van der Waals surface area (Å²) < 4.78 is 0. The van der Waals surface area contributed by atoms with E-state index in [0.717, 1.165) is 5.57 Å². The van der Waals surface area contributed by atoms with E-state index in [1.54, 1.807) is 11.9 Å². The molecule has 3 nitrogen and oxygen atoms in total. The number of carbonyl (C=O) groups excluding carboxylic acids is 1. The fourth-order valence-electron chi connectivity index (χ4n) is 1.23. The van der Waals surface area contributed by atoms with Gasteiger partial charge in [-0.1, -0.05) is 12.2 Å². The maximum atomic E-state index is 12.2. The standard InChI is InChI=1S/C12H24N2O/c1-9(2)8-14(7)10(15)11(3,4)12(5,6)13/h1,8,13H2,2-7H3. The first-order valence-electron chi connectivity index (χ1n) is 5.19. The lowest BCUT2D eigenvalue weighted by molar-refractivity contribution is -0.141. The highest BCUT2D eigenvalue weighted by Crippen LogP contribution is 2.30. The average Bonchev–Trinajstić information content (AvgIpc) is 1.99. The summed E-state index contributed by atoms with van der Waals surface area (Å²) in [5.74, 6) is 0.0537. The zero-order valence-corrected chi connectivity index (χ0v) is 10.8. The second kappa shape index (κ2) is 4.35. The van der Waals surface area contributed by atoms with Crippen molar-refractivity contribution in [2.75, 3.05) is 13.6 Å². The van der Waals surface area contributed by atoms with Crippen molar-refractivity contribution in [3.63, 3.8) is 0 Å². The van der Waals surface area contributed by atoms with Crippen molar-refractivity contribution < 1.29 is 4.79 Å². The van der Waals surface area contributed by atoms with Gasteiger partial charge in [-0.05, 0) is 34.6 Å². The van der Waals surface area contributed by atoms with Gasteiger partial charge in [-0.2, -0.15) is 0 Å². The van der Waals surface area contributed by atoms with Gasteiger partial charge in [0.05, 0.1) is 5.41 Å². The van der Waals surface area contributed by atoms with Gasteiger partial charge in [-0.25, -0.2) is 0 Å². The van der Waals surface area contributed by atoms with Crippen molar-refractivity contribution in [3.8, 4) is 0 Å². The Labute approximate surface area is 93.3 Å². The molecule has 88 valence electrons. The zero-order chi connectivity index (χ0) is 12.4. The van der Waals surface area contributed by atoms with Crippen LogP contribution in [0.1, 0.15) is 34.6 Å². The Kier molecular flexibility index (Phi) is 4.11. The summed E-state index contributed by atoms with van der Waals surface area (Å²) in [6, 6.07) is 0. The predicted octanol–water partition coefficient (Wildman–Crippen LogP) is 1.78. The number of likely N-dealkylation sites (N-methyl/N-ethyl adjacent to an activating group) is 1. The lowest BCUT2D eigenvalue weighted by atomic mass is 9.74. The summed E-state index contributed by atoms with van der Waals surface area (Å²) in [6.45, 7) is 13.8. The largest absolute Gasteiger partial charge is 0.341 e. The molecule has 0 bridgehead atoms. The van der Waals surface area contributed by atoms with Gasteiger partial charge in [-0.15, -0.1) is 0 Å². The van der Waals surface area contributed by atoms with E-state index in [1.807, 2.05) is 34.6 Å². The summed E-state index contributed by atoms with van der Waals surface area (Å²) in [4.78, 5) is 13.8. The summed E-state index contributed by atoms with van der Waals surface area (Å²) in [7, 11) is 1.78. The molecule has 0 aromatic carbocycles. The third-order valence-corrected chi connectivity index (χ3v) is 3.00. The van der Waals surface area contributed by atoms with E-state index in [-0.39, 0.29) is 5.91 Å². The summed E-state index contributed by atoms with van der Waals surface area (Å²) in [5.41, 5.74) is 5.88. The molecule has 0 heterocycles. The van der Waals surface area contributed by atoms with Crippen LogP contribution in [0.3, 0.4) is 0 Å². The molecule has 0 aliphatic carbocycles. The number of carbonyl (C=O) groups is 1. The van der Waals surface area contributed by atoms with Crippen molar-refractivity contribution in [3.05, 3.63) is 12.2 Å². The Bertz CT molecular complexity index is 261. The molecule has 0 aromatic heterocycles. The summed E-state index contributed by atoms with van der Waals surface area (Å²) >= 11 is 0. The van der Waals surface area contributed by atoms with Crippen LogP contribution in [0, 0.1) is 5.41 Å². The van der Waals surface area contributed by atoms with Crippen LogP contribution in [0.4, 0.5) is 0 Å². The molecule has 0 spiro atoms. The van der Waals surface area contributed by atoms with Crippen LogP contribution in [0.15, 0.2) is 12.2 Å². The van der Waals surface area contributed by atoms with E-state index < -0.39 is 11.0 Å². The first-order valence-corrected chi connectivity index (χ1v) is 5.19. The molecule has 0 radical (unpaired) electrons. The van der Waals surface area contributed by atoms with Crippen molar-refractivity contribution >= 4 is 5.91 Å². The van der Waals surface area contributed by atoms with Gasteiger partial charge in [0.2, 0.25) is 5.91 Å². The van der Waals surface area contributed by atoms with Gasteiger partial charge in [0.15, 0.2) is 0 Å². The third kappa shape index (κ3) is 3.34. The zero-order valence-electron chi connectivity index (χ0n) is 10.8. The molecule has 2 N–H and O–H groups in total. The minimum atomic E-state index is -0.572. The van der Waals surface area contributed by atoms with Crippen molar-refractivity contribution in [2.24, 2.45) is 11.1 Å². The predicted molar refractivity (Wildman–Crippen MR) is 64.5 cm³/mol. The monoisotopic (exact) mass is 212 g/mol. The molecule has 0 atom stereocenters. The SMILES string of the molecule is C=C(C)CN(C)C(=O)C(C)(C)C(C)(C)N. The van der Waals surface area contributed by atoms with Crippen molar-refractivity contribution in [1.29, 1.82) is 0 Å². The van der Waals surface area contributed by atoms with E-state index in [4.69, 9.17) is 5.73 Å². The molecule has 0 unspecified atom stereocenters. The normalized spacial score (nSPS) is 12.5. The Morgan fingerprint density at radius 2 is 1.73 bits per heavy atom. The van der Waals surface area contributed by atoms with Gasteiger partial charge in [0.1, 0.15) is 0 Å². The maximum Gasteiger partial charge on any atom is 0.230 e. The van der Waals surface area contributed by atoms with Crippen molar-refractivity contribution in [2.45, 2.75) is 40.2 Å². The van der Waals surface area contributed by atoms with Crippen molar-refractivity contribution in [1.82, 2.24) is 4.90 Å². The molecule has 0 aliphatic rings. The highest BCUT2D eigenvalue weighted by atomic mass is 16.2. The lowest BCUT2D eigenvalue weighted by Crippen LogP contribution is -2.56. The number of nitrogens with zero attached hydrogens (tertiary/aromatic N) is 1. The molecular weight excluding hydrogens is 188 g/mol. The van der Waals surface area contributed by atoms with Crippen LogP contribution in [0.2, 0.25) is 0 Å². The average molecular weight is 212 g/mol. The minimum absolute atomic E-state index is 0.0537. The van der Waals surface area contributed by atoms with E-state index in [2.05, 4.69) is 6.58 Å². The van der Waals surface area contributed by atoms with Gasteiger partial charge in [-0.3, -0.25) is 4.79 Å². The summed E-state index contributed by atoms with van der Waals surface area (Å²) in [5, 5.41) is 0. The number of nitrogens with two attached hydrogens (primary N) is 1. The molecule has 0 saturated heterocycles. The van der Waals surface area contributed by atoms with Gasteiger partial charge in [0.25, 0.3) is 0 Å². The Hall–Kier alpha value is -0.830. The number of amides is 1. The highest BCUT2D eigenvalue weighted by Gasteiger charge is 2.41. The molecule has 0 aliphatic heterocycles. The Morgan fingerprint density at radius 1 is 1.33 bits per heavy atom. The van der Waals surface area contributed by atoms with E-state index in [1.165, 1.54) is 0 Å². The number of hydrogen-bond acceptors (Lipinski definition) is 2. The van der Waals surface area contributed by atoms with Crippen LogP contribution < -0.4 is 5.73 Å². The second-order valence-electron chi connectivity index (χ2n) is 5.47. The fourth-order valence-corrected chi connectivity index (χ4v) is 1.23. The minimum Gasteiger partial charge on any atom is -0.341 e. The van der Waals surface area contributed by atoms with Crippen LogP contribution in [-0.2, 0) is 4.79 Å². The highest BCUT2D eigenvalue weighted by molar-refractivity contribution is 5.83. The van der Waals surface area contributed by atoms with Crippen LogP contribution in [-0.4, -0.2) is 29.9 Å². The van der Waals surface area contributed by atoms with Crippen LogP contribution in [0.25, 0.3) is 0 Å². The lowest BCUT2D eigenvalue weighted by Gasteiger charge is -2.39. The Balaban J connectivity index is 4.78. The van der Waals surface area contributed by atoms with Gasteiger partial charge in [0, 0.05) is 19.1 Å². The molecule has 0 saturated carbocycles. The van der Waals surface area contributed by atoms with E-state index in [0.29, 0.717) is 6.54 Å². The molecule has 0 aromatic rings. The smallest absolute Gasteiger partial charge is 0.230 e. The molecule has 3 heteroatoms. The van der Waals surface area contributed by atoms with Crippen LogP contribution >= 0.6 is 0 Å². The molecule has 0 rings (SSSR count).